The summed E-state index contributed by atoms with van der Waals surface area (Å²) < 4.78 is 0. The lowest BCUT2D eigenvalue weighted by molar-refractivity contribution is 0.0935. The number of nitrogens with two attached hydrogens (primary N) is 1. The van der Waals surface area contributed by atoms with Gasteiger partial charge in [-0.15, -0.1) is 0 Å². The van der Waals surface area contributed by atoms with Crippen LogP contribution in [-0.4, -0.2) is 24.2 Å². The maximum Gasteiger partial charge on any atom is 0.251 e. The molecule has 0 spiro atoms. The molecule has 0 atom stereocenters. The third kappa shape index (κ3) is 2.71. The Hall–Kier alpha value is -0.970. The van der Waals surface area contributed by atoms with Crippen LogP contribution >= 0.6 is 23.2 Å². The standard InChI is InChI=1S/C12H14Cl2N2O2/c13-8-3-7(4-9(14)10(8)15)11(18)16-5-12(6-17)1-2-12/h3-4,17H,1-2,5-6,15H2,(H,16,18). The molecule has 0 saturated heterocycles. The average molecular weight is 289 g/mol. The molecule has 0 aliphatic heterocycles. The summed E-state index contributed by atoms with van der Waals surface area (Å²) in [5.41, 5.74) is 6.11. The van der Waals surface area contributed by atoms with Crippen LogP contribution in [0.4, 0.5) is 5.69 Å². The van der Waals surface area contributed by atoms with E-state index in [0.717, 1.165) is 12.8 Å². The number of aliphatic hydroxyl groups is 1. The van der Waals surface area contributed by atoms with Crippen molar-refractivity contribution in [3.05, 3.63) is 27.7 Å². The van der Waals surface area contributed by atoms with E-state index in [-0.39, 0.29) is 33.7 Å². The molecule has 0 radical (unpaired) electrons. The first-order valence-corrected chi connectivity index (χ1v) is 6.37. The Bertz CT molecular complexity index is 464. The van der Waals surface area contributed by atoms with Gasteiger partial charge < -0.3 is 16.2 Å². The first-order valence-electron chi connectivity index (χ1n) is 5.61. The van der Waals surface area contributed by atoms with E-state index in [9.17, 15) is 4.79 Å². The monoisotopic (exact) mass is 288 g/mol. The van der Waals surface area contributed by atoms with E-state index in [1.54, 1.807) is 0 Å². The Kier molecular flexibility index (Phi) is 3.71. The minimum Gasteiger partial charge on any atom is -0.396 e. The van der Waals surface area contributed by atoms with E-state index < -0.39 is 0 Å². The maximum absolute atomic E-state index is 11.9. The molecular weight excluding hydrogens is 275 g/mol. The van der Waals surface area contributed by atoms with Gasteiger partial charge in [0.2, 0.25) is 0 Å². The quantitative estimate of drug-likeness (QED) is 0.743. The zero-order valence-corrected chi connectivity index (χ0v) is 11.2. The van der Waals surface area contributed by atoms with Gasteiger partial charge in [-0.25, -0.2) is 0 Å². The van der Waals surface area contributed by atoms with Gasteiger partial charge in [0, 0.05) is 17.5 Å². The Morgan fingerprint density at radius 1 is 1.39 bits per heavy atom. The van der Waals surface area contributed by atoms with Crippen LogP contribution in [0.25, 0.3) is 0 Å². The molecule has 0 aromatic heterocycles. The summed E-state index contributed by atoms with van der Waals surface area (Å²) in [5.74, 6) is -0.265. The van der Waals surface area contributed by atoms with Gasteiger partial charge in [-0.1, -0.05) is 23.2 Å². The molecule has 18 heavy (non-hydrogen) atoms. The van der Waals surface area contributed by atoms with Gasteiger partial charge >= 0.3 is 0 Å². The fourth-order valence-electron chi connectivity index (χ4n) is 1.65. The molecule has 2 rings (SSSR count). The van der Waals surface area contributed by atoms with Crippen LogP contribution in [0.5, 0.6) is 0 Å². The third-order valence-corrected chi connectivity index (χ3v) is 3.88. The van der Waals surface area contributed by atoms with Crippen LogP contribution in [0.3, 0.4) is 0 Å². The van der Waals surface area contributed by atoms with Crippen molar-refractivity contribution < 1.29 is 9.90 Å². The number of rotatable bonds is 4. The van der Waals surface area contributed by atoms with Crippen LogP contribution in [0.2, 0.25) is 10.0 Å². The lowest BCUT2D eigenvalue weighted by atomic mass is 10.1. The summed E-state index contributed by atoms with van der Waals surface area (Å²) in [6.45, 7) is 0.554. The fraction of sp³-hybridized carbons (Fsp3) is 0.417. The highest BCUT2D eigenvalue weighted by atomic mass is 35.5. The Morgan fingerprint density at radius 3 is 2.39 bits per heavy atom. The molecule has 1 aliphatic carbocycles. The number of hydrogen-bond donors (Lipinski definition) is 3. The van der Waals surface area contributed by atoms with Crippen molar-refractivity contribution in [2.24, 2.45) is 5.41 Å². The molecule has 1 saturated carbocycles. The molecule has 6 heteroatoms. The minimum absolute atomic E-state index is 0.0938. The number of hydrogen-bond acceptors (Lipinski definition) is 3. The predicted octanol–water partition coefficient (Wildman–Crippen LogP) is 2.08. The number of amides is 1. The van der Waals surface area contributed by atoms with E-state index in [1.165, 1.54) is 12.1 Å². The van der Waals surface area contributed by atoms with Crippen molar-refractivity contribution in [1.29, 1.82) is 0 Å². The number of carbonyl (C=O) groups is 1. The van der Waals surface area contributed by atoms with Crippen LogP contribution in [0.15, 0.2) is 12.1 Å². The molecule has 1 amide bonds. The van der Waals surface area contributed by atoms with Crippen LogP contribution in [0.1, 0.15) is 23.2 Å². The molecular formula is C12H14Cl2N2O2. The van der Waals surface area contributed by atoms with Crippen molar-refractivity contribution in [3.63, 3.8) is 0 Å². The number of anilines is 1. The normalized spacial score (nSPS) is 16.4. The highest BCUT2D eigenvalue weighted by molar-refractivity contribution is 6.39. The second kappa shape index (κ2) is 4.96. The highest BCUT2D eigenvalue weighted by Crippen LogP contribution is 2.44. The van der Waals surface area contributed by atoms with Gasteiger partial charge in [0.05, 0.1) is 22.3 Å². The first kappa shape index (κ1) is 13.5. The number of benzene rings is 1. The predicted molar refractivity (Wildman–Crippen MR) is 72.0 cm³/mol. The van der Waals surface area contributed by atoms with Gasteiger partial charge in [0.15, 0.2) is 0 Å². The molecule has 98 valence electrons. The second-order valence-electron chi connectivity index (χ2n) is 4.69. The van der Waals surface area contributed by atoms with E-state index in [1.807, 2.05) is 0 Å². The molecule has 0 unspecified atom stereocenters. The molecule has 4 N–H and O–H groups in total. The lowest BCUT2D eigenvalue weighted by Crippen LogP contribution is -2.31. The largest absolute Gasteiger partial charge is 0.396 e. The van der Waals surface area contributed by atoms with Crippen LogP contribution < -0.4 is 11.1 Å². The Morgan fingerprint density at radius 2 is 1.94 bits per heavy atom. The zero-order chi connectivity index (χ0) is 13.3. The molecule has 1 aromatic carbocycles. The third-order valence-electron chi connectivity index (χ3n) is 3.26. The van der Waals surface area contributed by atoms with Gasteiger partial charge in [-0.3, -0.25) is 4.79 Å². The van der Waals surface area contributed by atoms with Gasteiger partial charge in [-0.05, 0) is 25.0 Å². The van der Waals surface area contributed by atoms with Crippen molar-refractivity contribution >= 4 is 34.8 Å². The second-order valence-corrected chi connectivity index (χ2v) is 5.51. The minimum atomic E-state index is -0.265. The summed E-state index contributed by atoms with van der Waals surface area (Å²) in [6.07, 6.45) is 1.88. The van der Waals surface area contributed by atoms with Crippen molar-refractivity contribution in [1.82, 2.24) is 5.32 Å². The summed E-state index contributed by atoms with van der Waals surface area (Å²) in [6, 6.07) is 2.97. The maximum atomic E-state index is 11.9. The van der Waals surface area contributed by atoms with Crippen LogP contribution in [-0.2, 0) is 0 Å². The zero-order valence-electron chi connectivity index (χ0n) is 9.67. The molecule has 1 aromatic rings. The summed E-state index contributed by atoms with van der Waals surface area (Å²) >= 11 is 11.7. The fourth-order valence-corrected chi connectivity index (χ4v) is 2.14. The molecule has 1 aliphatic rings. The first-order chi connectivity index (χ1) is 8.47. The topological polar surface area (TPSA) is 75.4 Å². The van der Waals surface area contributed by atoms with Crippen molar-refractivity contribution in [3.8, 4) is 0 Å². The van der Waals surface area contributed by atoms with E-state index >= 15 is 0 Å². The highest BCUT2D eigenvalue weighted by Gasteiger charge is 2.42. The van der Waals surface area contributed by atoms with E-state index in [2.05, 4.69) is 5.32 Å². The van der Waals surface area contributed by atoms with Crippen molar-refractivity contribution in [2.45, 2.75) is 12.8 Å². The number of aliphatic hydroxyl groups excluding tert-OH is 1. The number of nitrogens with one attached hydrogen (secondary N) is 1. The van der Waals surface area contributed by atoms with Gasteiger partial charge in [0.25, 0.3) is 5.91 Å². The molecule has 0 bridgehead atoms. The van der Waals surface area contributed by atoms with E-state index in [0.29, 0.717) is 12.1 Å². The number of nitrogen functional groups attached to an aromatic ring is 1. The van der Waals surface area contributed by atoms with Gasteiger partial charge in [0.1, 0.15) is 0 Å². The van der Waals surface area contributed by atoms with Crippen LogP contribution in [0, 0.1) is 5.41 Å². The van der Waals surface area contributed by atoms with E-state index in [4.69, 9.17) is 34.0 Å². The number of halogens is 2. The summed E-state index contributed by atoms with van der Waals surface area (Å²) in [5, 5.41) is 12.4. The van der Waals surface area contributed by atoms with Crippen molar-refractivity contribution in [2.75, 3.05) is 18.9 Å². The smallest absolute Gasteiger partial charge is 0.251 e. The molecule has 4 nitrogen and oxygen atoms in total. The number of carbonyl (C=O) groups excluding carboxylic acids is 1. The average Bonchev–Trinajstić information content (AvgIpc) is 3.13. The molecule has 0 heterocycles. The molecule has 1 fully saturated rings. The Balaban J connectivity index is 2.05. The summed E-state index contributed by atoms with van der Waals surface area (Å²) in [7, 11) is 0. The SMILES string of the molecule is Nc1c(Cl)cc(C(=O)NCC2(CO)CC2)cc1Cl. The summed E-state index contributed by atoms with van der Waals surface area (Å²) in [4.78, 5) is 11.9. The van der Waals surface area contributed by atoms with Gasteiger partial charge in [-0.2, -0.15) is 0 Å². The lowest BCUT2D eigenvalue weighted by Gasteiger charge is -2.13. The Labute approximate surface area is 115 Å².